The van der Waals surface area contributed by atoms with Crippen LogP contribution >= 0.6 is 12.2 Å². The van der Waals surface area contributed by atoms with Crippen LogP contribution in [0.1, 0.15) is 22.8 Å². The molecule has 34 heavy (non-hydrogen) atoms. The first-order valence-electron chi connectivity index (χ1n) is 10.3. The van der Waals surface area contributed by atoms with Crippen molar-refractivity contribution in [1.82, 2.24) is 5.32 Å². The van der Waals surface area contributed by atoms with E-state index in [0.717, 1.165) is 5.56 Å². The van der Waals surface area contributed by atoms with E-state index in [9.17, 15) is 13.2 Å². The molecule has 0 aliphatic rings. The average molecular weight is 500 g/mol. The normalized spacial score (nSPS) is 10.8. The van der Waals surface area contributed by atoms with Crippen molar-refractivity contribution in [2.75, 3.05) is 23.8 Å². The minimum Gasteiger partial charge on any atom is -0.495 e. The molecule has 0 atom stereocenters. The molecule has 0 saturated carbocycles. The topological polar surface area (TPSA) is 106 Å². The van der Waals surface area contributed by atoms with Gasteiger partial charge in [-0.1, -0.05) is 17.7 Å². The number of carbonyl (C=O) groups excluding carboxylic acids is 1. The average Bonchev–Trinajstić information content (AvgIpc) is 2.80. The van der Waals surface area contributed by atoms with Crippen molar-refractivity contribution >= 4 is 44.6 Å². The van der Waals surface area contributed by atoms with Gasteiger partial charge in [0.2, 0.25) is 0 Å². The maximum absolute atomic E-state index is 13.1. The Morgan fingerprint density at radius 2 is 1.62 bits per heavy atom. The maximum atomic E-state index is 13.1. The summed E-state index contributed by atoms with van der Waals surface area (Å²) < 4.78 is 39.3. The number of anilines is 2. The van der Waals surface area contributed by atoms with Gasteiger partial charge in [-0.3, -0.25) is 14.8 Å². The Balaban J connectivity index is 1.75. The SMILES string of the molecule is CCOc1ccc(NS(=O)(=O)c2cc(NC(=S)NC(=O)c3ccc(C)cc3)ccc2OC)cc1. The van der Waals surface area contributed by atoms with Gasteiger partial charge in [-0.15, -0.1) is 0 Å². The molecule has 0 radical (unpaired) electrons. The van der Waals surface area contributed by atoms with Gasteiger partial charge in [0.15, 0.2) is 5.11 Å². The fourth-order valence-electron chi connectivity index (χ4n) is 3.00. The van der Waals surface area contributed by atoms with Gasteiger partial charge in [-0.05, 0) is 80.7 Å². The first-order chi connectivity index (χ1) is 16.2. The highest BCUT2D eigenvalue weighted by Crippen LogP contribution is 2.29. The lowest BCUT2D eigenvalue weighted by molar-refractivity contribution is 0.0977. The molecule has 0 aromatic heterocycles. The first-order valence-corrected chi connectivity index (χ1v) is 12.2. The molecule has 0 spiro atoms. The van der Waals surface area contributed by atoms with Crippen LogP contribution in [0.2, 0.25) is 0 Å². The monoisotopic (exact) mass is 499 g/mol. The number of amides is 1. The molecule has 8 nitrogen and oxygen atoms in total. The van der Waals surface area contributed by atoms with Gasteiger partial charge in [-0.25, -0.2) is 8.42 Å². The van der Waals surface area contributed by atoms with E-state index < -0.39 is 10.0 Å². The Bertz CT molecular complexity index is 1270. The van der Waals surface area contributed by atoms with Crippen molar-refractivity contribution in [2.45, 2.75) is 18.7 Å². The van der Waals surface area contributed by atoms with Crippen LogP contribution in [-0.2, 0) is 10.0 Å². The number of nitrogens with one attached hydrogen (secondary N) is 3. The van der Waals surface area contributed by atoms with Crippen LogP contribution in [0.3, 0.4) is 0 Å². The van der Waals surface area contributed by atoms with Crippen LogP contribution in [0, 0.1) is 6.92 Å². The third-order valence-corrected chi connectivity index (χ3v) is 6.28. The molecule has 0 aliphatic heterocycles. The predicted octanol–water partition coefficient (Wildman–Crippen LogP) is 4.33. The van der Waals surface area contributed by atoms with Crippen LogP contribution in [0.4, 0.5) is 11.4 Å². The van der Waals surface area contributed by atoms with Crippen molar-refractivity contribution in [1.29, 1.82) is 0 Å². The minimum absolute atomic E-state index is 0.0264. The second-order valence-corrected chi connectivity index (χ2v) is 9.26. The van der Waals surface area contributed by atoms with Crippen molar-refractivity contribution in [3.05, 3.63) is 77.9 Å². The van der Waals surface area contributed by atoms with Crippen molar-refractivity contribution < 1.29 is 22.7 Å². The Kier molecular flexibility index (Phi) is 8.08. The van der Waals surface area contributed by atoms with Gasteiger partial charge in [-0.2, -0.15) is 0 Å². The van der Waals surface area contributed by atoms with E-state index in [4.69, 9.17) is 21.7 Å². The number of rotatable bonds is 8. The van der Waals surface area contributed by atoms with E-state index in [0.29, 0.717) is 29.3 Å². The molecule has 0 saturated heterocycles. The highest BCUT2D eigenvalue weighted by Gasteiger charge is 2.21. The van der Waals surface area contributed by atoms with E-state index in [1.165, 1.54) is 19.2 Å². The molecular formula is C24H25N3O5S2. The molecule has 0 unspecified atom stereocenters. The Morgan fingerprint density at radius 1 is 0.971 bits per heavy atom. The summed E-state index contributed by atoms with van der Waals surface area (Å²) in [5.74, 6) is 0.407. The van der Waals surface area contributed by atoms with Crippen LogP contribution in [-0.4, -0.2) is 33.2 Å². The second-order valence-electron chi connectivity index (χ2n) is 7.20. The van der Waals surface area contributed by atoms with E-state index in [2.05, 4.69) is 15.4 Å². The number of benzene rings is 3. The zero-order chi connectivity index (χ0) is 24.7. The summed E-state index contributed by atoms with van der Waals surface area (Å²) in [4.78, 5) is 12.3. The van der Waals surface area contributed by atoms with Gasteiger partial charge in [0.1, 0.15) is 16.4 Å². The number of sulfonamides is 1. The molecule has 10 heteroatoms. The van der Waals surface area contributed by atoms with Crippen molar-refractivity contribution in [3.8, 4) is 11.5 Å². The molecule has 0 fully saturated rings. The summed E-state index contributed by atoms with van der Waals surface area (Å²) >= 11 is 5.22. The fourth-order valence-corrected chi connectivity index (χ4v) is 4.47. The van der Waals surface area contributed by atoms with Gasteiger partial charge in [0.25, 0.3) is 15.9 Å². The number of hydrogen-bond donors (Lipinski definition) is 3. The maximum Gasteiger partial charge on any atom is 0.265 e. The van der Waals surface area contributed by atoms with E-state index in [1.807, 2.05) is 26.0 Å². The standard InChI is InChI=1S/C24H25N3O5S2/c1-4-32-20-12-9-18(10-13-20)27-34(29,30)22-15-19(11-14-21(22)31-3)25-24(33)26-23(28)17-7-5-16(2)6-8-17/h5-15,27H,4H2,1-3H3,(H2,25,26,28,33). The van der Waals surface area contributed by atoms with Crippen LogP contribution in [0.5, 0.6) is 11.5 Å². The summed E-state index contributed by atoms with van der Waals surface area (Å²) in [6, 6.07) is 18.1. The molecule has 178 valence electrons. The number of carbonyl (C=O) groups is 1. The van der Waals surface area contributed by atoms with E-state index in [-0.39, 0.29) is 21.7 Å². The molecule has 3 aromatic rings. The summed E-state index contributed by atoms with van der Waals surface area (Å²) in [5, 5.41) is 5.44. The lowest BCUT2D eigenvalue weighted by Crippen LogP contribution is -2.34. The van der Waals surface area contributed by atoms with Crippen molar-refractivity contribution in [3.63, 3.8) is 0 Å². The largest absolute Gasteiger partial charge is 0.495 e. The lowest BCUT2D eigenvalue weighted by Gasteiger charge is -2.15. The highest BCUT2D eigenvalue weighted by molar-refractivity contribution is 7.92. The Hall–Kier alpha value is -3.63. The summed E-state index contributed by atoms with van der Waals surface area (Å²) in [6.45, 7) is 4.30. The minimum atomic E-state index is -4.00. The molecule has 0 heterocycles. The molecular weight excluding hydrogens is 474 g/mol. The summed E-state index contributed by atoms with van der Waals surface area (Å²) in [7, 11) is -2.62. The predicted molar refractivity (Wildman–Crippen MR) is 136 cm³/mol. The molecule has 1 amide bonds. The zero-order valence-corrected chi connectivity index (χ0v) is 20.5. The second kappa shape index (κ2) is 11.0. The van der Waals surface area contributed by atoms with E-state index in [1.54, 1.807) is 42.5 Å². The van der Waals surface area contributed by atoms with Gasteiger partial charge < -0.3 is 14.8 Å². The quantitative estimate of drug-likeness (QED) is 0.396. The van der Waals surface area contributed by atoms with Gasteiger partial charge in [0, 0.05) is 16.9 Å². The third-order valence-electron chi connectivity index (χ3n) is 4.67. The fraction of sp³-hybridized carbons (Fsp3) is 0.167. The highest BCUT2D eigenvalue weighted by atomic mass is 32.2. The number of hydrogen-bond acceptors (Lipinski definition) is 6. The summed E-state index contributed by atoms with van der Waals surface area (Å²) in [6.07, 6.45) is 0. The zero-order valence-electron chi connectivity index (χ0n) is 18.9. The number of aryl methyl sites for hydroxylation is 1. The van der Waals surface area contributed by atoms with Gasteiger partial charge >= 0.3 is 0 Å². The molecule has 3 aromatic carbocycles. The smallest absolute Gasteiger partial charge is 0.265 e. The Labute approximate surface area is 204 Å². The third kappa shape index (κ3) is 6.46. The van der Waals surface area contributed by atoms with Crippen LogP contribution < -0.4 is 24.8 Å². The molecule has 3 rings (SSSR count). The lowest BCUT2D eigenvalue weighted by atomic mass is 10.1. The summed E-state index contributed by atoms with van der Waals surface area (Å²) in [5.41, 5.74) is 2.21. The molecule has 3 N–H and O–H groups in total. The number of methoxy groups -OCH3 is 1. The molecule has 0 bridgehead atoms. The van der Waals surface area contributed by atoms with Crippen LogP contribution in [0.25, 0.3) is 0 Å². The first kappa shape index (κ1) is 25.0. The molecule has 0 aliphatic carbocycles. The number of thiocarbonyl (C=S) groups is 1. The number of ether oxygens (including phenoxy) is 2. The van der Waals surface area contributed by atoms with Crippen LogP contribution in [0.15, 0.2) is 71.6 Å². The van der Waals surface area contributed by atoms with Gasteiger partial charge in [0.05, 0.1) is 13.7 Å². The van der Waals surface area contributed by atoms with Crippen molar-refractivity contribution in [2.24, 2.45) is 0 Å². The van der Waals surface area contributed by atoms with E-state index >= 15 is 0 Å². The Morgan fingerprint density at radius 3 is 2.24 bits per heavy atom.